The molecule has 2 heterocycles. The summed E-state index contributed by atoms with van der Waals surface area (Å²) in [5, 5.41) is 3.74. The third-order valence-electron chi connectivity index (χ3n) is 5.82. The molecule has 1 amide bonds. The number of fused-ring (bicyclic) bond motifs is 1. The van der Waals surface area contributed by atoms with E-state index in [1.54, 1.807) is 24.3 Å². The summed E-state index contributed by atoms with van der Waals surface area (Å²) in [6, 6.07) is 8.72. The fourth-order valence-electron chi connectivity index (χ4n) is 4.36. The molecular weight excluding hydrogens is 419 g/mol. The molecule has 3 aromatic rings. The van der Waals surface area contributed by atoms with E-state index in [9.17, 15) is 4.79 Å². The topological polar surface area (TPSA) is 49.6 Å². The van der Waals surface area contributed by atoms with Crippen molar-refractivity contribution in [1.82, 2.24) is 9.38 Å². The Morgan fingerprint density at radius 3 is 2.67 bits per heavy atom. The van der Waals surface area contributed by atoms with E-state index in [-0.39, 0.29) is 5.91 Å². The summed E-state index contributed by atoms with van der Waals surface area (Å²) in [5.41, 5.74) is 2.96. The molecule has 30 heavy (non-hydrogen) atoms. The van der Waals surface area contributed by atoms with Crippen molar-refractivity contribution in [2.45, 2.75) is 39.0 Å². The molecule has 0 aliphatic heterocycles. The van der Waals surface area contributed by atoms with E-state index >= 15 is 0 Å². The number of benzene rings is 1. The van der Waals surface area contributed by atoms with Gasteiger partial charge in [-0.05, 0) is 56.0 Å². The Morgan fingerprint density at radius 1 is 1.17 bits per heavy atom. The summed E-state index contributed by atoms with van der Waals surface area (Å²) >= 11 is 12.0. The zero-order valence-corrected chi connectivity index (χ0v) is 18.8. The lowest BCUT2D eigenvalue weighted by Crippen LogP contribution is -2.28. The minimum Gasteiger partial charge on any atom is -0.359 e. The van der Waals surface area contributed by atoms with Crippen LogP contribution in [-0.2, 0) is 0 Å². The molecule has 0 atom stereocenters. The van der Waals surface area contributed by atoms with Crippen LogP contribution in [-0.4, -0.2) is 28.9 Å². The maximum atomic E-state index is 12.8. The van der Waals surface area contributed by atoms with Gasteiger partial charge in [0.15, 0.2) is 0 Å². The maximum Gasteiger partial charge on any atom is 0.257 e. The molecule has 0 unspecified atom stereocenters. The van der Waals surface area contributed by atoms with Crippen LogP contribution < -0.4 is 10.2 Å². The Morgan fingerprint density at radius 2 is 1.93 bits per heavy atom. The van der Waals surface area contributed by atoms with Crippen molar-refractivity contribution in [3.05, 3.63) is 57.8 Å². The number of carbonyl (C=O) groups is 1. The molecule has 4 rings (SSSR count). The zero-order valence-electron chi connectivity index (χ0n) is 17.3. The minimum absolute atomic E-state index is 0.206. The molecule has 1 aliphatic carbocycles. The SMILES string of the molecule is Cc1nc2ccc(C(=O)Nc3ccc(Cl)c(Cl)c3)cn2c1N(C)CC1CCCCC1. The van der Waals surface area contributed by atoms with Crippen LogP contribution in [0.3, 0.4) is 0 Å². The normalized spacial score (nSPS) is 14.8. The van der Waals surface area contributed by atoms with Crippen LogP contribution >= 0.6 is 23.2 Å². The number of carbonyl (C=O) groups excluding carboxylic acids is 1. The van der Waals surface area contributed by atoms with Gasteiger partial charge in [0.25, 0.3) is 5.91 Å². The molecule has 2 aromatic heterocycles. The number of anilines is 2. The number of pyridine rings is 1. The Hall–Kier alpha value is -2.24. The van der Waals surface area contributed by atoms with Crippen molar-refractivity contribution >= 4 is 46.3 Å². The summed E-state index contributed by atoms with van der Waals surface area (Å²) in [6.45, 7) is 3.03. The Labute approximate surface area is 187 Å². The maximum absolute atomic E-state index is 12.8. The van der Waals surface area contributed by atoms with E-state index in [2.05, 4.69) is 17.3 Å². The van der Waals surface area contributed by atoms with E-state index in [1.807, 2.05) is 23.6 Å². The highest BCUT2D eigenvalue weighted by Gasteiger charge is 2.20. The van der Waals surface area contributed by atoms with Crippen molar-refractivity contribution in [2.75, 3.05) is 23.8 Å². The molecule has 1 aliphatic rings. The molecule has 0 spiro atoms. The molecule has 1 saturated carbocycles. The number of halogens is 2. The Balaban J connectivity index is 1.58. The number of nitrogens with zero attached hydrogens (tertiary/aromatic N) is 3. The standard InChI is InChI=1S/C23H26Cl2N4O/c1-15-23(28(2)13-16-6-4-3-5-7-16)29-14-17(8-11-21(29)26-15)22(30)27-18-9-10-19(24)20(25)12-18/h8-12,14,16H,3-7,13H2,1-2H3,(H,27,30). The first-order chi connectivity index (χ1) is 14.4. The predicted octanol–water partition coefficient (Wildman–Crippen LogP) is 6.22. The van der Waals surface area contributed by atoms with Crippen LogP contribution in [0.4, 0.5) is 11.5 Å². The lowest BCUT2D eigenvalue weighted by molar-refractivity contribution is 0.102. The van der Waals surface area contributed by atoms with Gasteiger partial charge in [0.2, 0.25) is 0 Å². The van der Waals surface area contributed by atoms with Gasteiger partial charge >= 0.3 is 0 Å². The molecule has 7 heteroatoms. The van der Waals surface area contributed by atoms with Crippen molar-refractivity contribution in [1.29, 1.82) is 0 Å². The average molecular weight is 445 g/mol. The van der Waals surface area contributed by atoms with Crippen LogP contribution in [0.1, 0.15) is 48.2 Å². The number of hydrogen-bond donors (Lipinski definition) is 1. The monoisotopic (exact) mass is 444 g/mol. The number of nitrogens with one attached hydrogen (secondary N) is 1. The van der Waals surface area contributed by atoms with Gasteiger partial charge in [-0.3, -0.25) is 9.20 Å². The van der Waals surface area contributed by atoms with Gasteiger partial charge in [0.1, 0.15) is 11.5 Å². The number of aromatic nitrogens is 2. The van der Waals surface area contributed by atoms with E-state index < -0.39 is 0 Å². The number of rotatable bonds is 5. The molecule has 158 valence electrons. The van der Waals surface area contributed by atoms with E-state index in [4.69, 9.17) is 28.2 Å². The minimum atomic E-state index is -0.206. The number of aryl methyl sites for hydroxylation is 1. The molecule has 1 N–H and O–H groups in total. The van der Waals surface area contributed by atoms with Crippen LogP contribution in [0.15, 0.2) is 36.5 Å². The third-order valence-corrected chi connectivity index (χ3v) is 6.56. The fourth-order valence-corrected chi connectivity index (χ4v) is 4.66. The number of hydrogen-bond acceptors (Lipinski definition) is 3. The highest BCUT2D eigenvalue weighted by Crippen LogP contribution is 2.29. The number of amides is 1. The first kappa shape index (κ1) is 21.0. The second kappa shape index (κ2) is 8.86. The van der Waals surface area contributed by atoms with Crippen LogP contribution in [0.2, 0.25) is 10.0 Å². The molecule has 1 aromatic carbocycles. The lowest BCUT2D eigenvalue weighted by atomic mass is 9.89. The first-order valence-corrected chi connectivity index (χ1v) is 11.1. The lowest BCUT2D eigenvalue weighted by Gasteiger charge is -2.28. The van der Waals surface area contributed by atoms with E-state index in [1.165, 1.54) is 32.1 Å². The van der Waals surface area contributed by atoms with Gasteiger partial charge in [-0.2, -0.15) is 0 Å². The summed E-state index contributed by atoms with van der Waals surface area (Å²) < 4.78 is 2.02. The van der Waals surface area contributed by atoms with E-state index in [0.29, 0.717) is 21.3 Å². The Kier molecular flexibility index (Phi) is 6.21. The molecule has 5 nitrogen and oxygen atoms in total. The van der Waals surface area contributed by atoms with Crippen LogP contribution in [0.5, 0.6) is 0 Å². The van der Waals surface area contributed by atoms with Gasteiger partial charge in [0.05, 0.1) is 21.3 Å². The van der Waals surface area contributed by atoms with Crippen molar-refractivity contribution in [3.8, 4) is 0 Å². The fraction of sp³-hybridized carbons (Fsp3) is 0.391. The van der Waals surface area contributed by atoms with Crippen LogP contribution in [0, 0.1) is 12.8 Å². The quantitative estimate of drug-likeness (QED) is 0.507. The molecule has 0 saturated heterocycles. The van der Waals surface area contributed by atoms with E-state index in [0.717, 1.165) is 29.6 Å². The van der Waals surface area contributed by atoms with Gasteiger partial charge < -0.3 is 10.2 Å². The average Bonchev–Trinajstić information content (AvgIpc) is 3.06. The second-order valence-electron chi connectivity index (χ2n) is 8.13. The summed E-state index contributed by atoms with van der Waals surface area (Å²) in [7, 11) is 2.12. The third kappa shape index (κ3) is 4.42. The van der Waals surface area contributed by atoms with Gasteiger partial charge in [-0.15, -0.1) is 0 Å². The zero-order chi connectivity index (χ0) is 21.3. The molecule has 1 fully saturated rings. The second-order valence-corrected chi connectivity index (χ2v) is 8.95. The number of imidazole rings is 1. The molecule has 0 radical (unpaired) electrons. The summed E-state index contributed by atoms with van der Waals surface area (Å²) in [5.74, 6) is 1.55. The summed E-state index contributed by atoms with van der Waals surface area (Å²) in [6.07, 6.45) is 8.43. The Bertz CT molecular complexity index is 1070. The molecular formula is C23H26Cl2N4O. The van der Waals surface area contributed by atoms with Crippen molar-refractivity contribution in [2.24, 2.45) is 5.92 Å². The smallest absolute Gasteiger partial charge is 0.257 e. The van der Waals surface area contributed by atoms with Crippen molar-refractivity contribution < 1.29 is 4.79 Å². The van der Waals surface area contributed by atoms with Crippen molar-refractivity contribution in [3.63, 3.8) is 0 Å². The highest BCUT2D eigenvalue weighted by molar-refractivity contribution is 6.42. The van der Waals surface area contributed by atoms with Gasteiger partial charge in [-0.25, -0.2) is 4.98 Å². The largest absolute Gasteiger partial charge is 0.359 e. The molecule has 0 bridgehead atoms. The first-order valence-electron chi connectivity index (χ1n) is 10.4. The summed E-state index contributed by atoms with van der Waals surface area (Å²) in [4.78, 5) is 19.8. The highest BCUT2D eigenvalue weighted by atomic mass is 35.5. The predicted molar refractivity (Wildman–Crippen MR) is 124 cm³/mol. The van der Waals surface area contributed by atoms with Crippen LogP contribution in [0.25, 0.3) is 5.65 Å². The van der Waals surface area contributed by atoms with Gasteiger partial charge in [-0.1, -0.05) is 42.5 Å². The van der Waals surface area contributed by atoms with Gasteiger partial charge in [0, 0.05) is 25.5 Å².